The predicted octanol–water partition coefficient (Wildman–Crippen LogP) is 2.63. The van der Waals surface area contributed by atoms with Crippen molar-refractivity contribution in [3.63, 3.8) is 0 Å². The van der Waals surface area contributed by atoms with Crippen LogP contribution in [-0.4, -0.2) is 30.0 Å². The molecule has 0 spiro atoms. The highest BCUT2D eigenvalue weighted by molar-refractivity contribution is 7.09. The molecule has 0 aromatic carbocycles. The second-order valence-corrected chi connectivity index (χ2v) is 5.83. The van der Waals surface area contributed by atoms with Gasteiger partial charge < -0.3 is 5.73 Å². The number of hydrogen-bond donors (Lipinski definition) is 1. The zero-order valence-corrected chi connectivity index (χ0v) is 12.4. The Balaban J connectivity index is 2.03. The van der Waals surface area contributed by atoms with Gasteiger partial charge in [-0.2, -0.15) is 0 Å². The molecule has 1 unspecified atom stereocenters. The van der Waals surface area contributed by atoms with Crippen LogP contribution in [0.1, 0.15) is 22.0 Å². The summed E-state index contributed by atoms with van der Waals surface area (Å²) in [5.74, 6) is 0. The van der Waals surface area contributed by atoms with Crippen LogP contribution in [0.2, 0.25) is 0 Å². The lowest BCUT2D eigenvalue weighted by atomic mass is 10.0. The van der Waals surface area contributed by atoms with Crippen molar-refractivity contribution in [2.24, 2.45) is 5.73 Å². The predicted molar refractivity (Wildman–Crippen MR) is 81.4 cm³/mol. The van der Waals surface area contributed by atoms with Crippen LogP contribution in [0.25, 0.3) is 0 Å². The first-order valence-corrected chi connectivity index (χ1v) is 7.43. The maximum atomic E-state index is 5.96. The lowest BCUT2D eigenvalue weighted by Crippen LogP contribution is -2.32. The summed E-state index contributed by atoms with van der Waals surface area (Å²) in [6.07, 6.45) is 4.84. The van der Waals surface area contributed by atoms with Crippen LogP contribution < -0.4 is 5.73 Å². The number of aromatic nitrogens is 1. The molecule has 0 fully saturated rings. The number of nitrogens with zero attached hydrogens (tertiary/aromatic N) is 2. The monoisotopic (exact) mass is 275 g/mol. The lowest BCUT2D eigenvalue weighted by molar-refractivity contribution is 0.252. The topological polar surface area (TPSA) is 42.1 Å². The van der Waals surface area contributed by atoms with Crippen LogP contribution in [0.15, 0.2) is 36.0 Å². The van der Waals surface area contributed by atoms with E-state index in [1.807, 2.05) is 29.8 Å². The van der Waals surface area contributed by atoms with Gasteiger partial charge in [-0.3, -0.25) is 9.88 Å². The van der Waals surface area contributed by atoms with Gasteiger partial charge in [-0.1, -0.05) is 6.07 Å². The molecule has 19 heavy (non-hydrogen) atoms. The van der Waals surface area contributed by atoms with Crippen LogP contribution in [0, 0.1) is 6.92 Å². The molecule has 4 heteroatoms. The van der Waals surface area contributed by atoms with Crippen molar-refractivity contribution < 1.29 is 0 Å². The summed E-state index contributed by atoms with van der Waals surface area (Å²) >= 11 is 1.81. The molecule has 0 saturated carbocycles. The smallest absolute Gasteiger partial charge is 0.0485 e. The van der Waals surface area contributed by atoms with Crippen molar-refractivity contribution in [1.82, 2.24) is 9.88 Å². The Bertz CT molecular complexity index is 496. The van der Waals surface area contributed by atoms with Crippen molar-refractivity contribution in [2.75, 3.05) is 20.1 Å². The molecule has 2 heterocycles. The SMILES string of the molecule is Cc1ccncc1C(CN)N(C)CCc1cccs1. The molecule has 2 aromatic rings. The fourth-order valence-corrected chi connectivity index (χ4v) is 2.96. The molecule has 0 amide bonds. The van der Waals surface area contributed by atoms with Gasteiger partial charge in [0, 0.05) is 36.4 Å². The Morgan fingerprint density at radius 3 is 2.89 bits per heavy atom. The molecule has 0 saturated heterocycles. The van der Waals surface area contributed by atoms with E-state index in [1.54, 1.807) is 0 Å². The molecular weight excluding hydrogens is 254 g/mol. The summed E-state index contributed by atoms with van der Waals surface area (Å²) in [6, 6.07) is 6.58. The zero-order chi connectivity index (χ0) is 13.7. The van der Waals surface area contributed by atoms with Gasteiger partial charge in [0.2, 0.25) is 0 Å². The Morgan fingerprint density at radius 2 is 2.26 bits per heavy atom. The van der Waals surface area contributed by atoms with Gasteiger partial charge in [-0.15, -0.1) is 11.3 Å². The van der Waals surface area contributed by atoms with Crippen molar-refractivity contribution in [3.05, 3.63) is 52.0 Å². The third kappa shape index (κ3) is 3.62. The molecule has 1 atom stereocenters. The van der Waals surface area contributed by atoms with Crippen molar-refractivity contribution in [3.8, 4) is 0 Å². The Morgan fingerprint density at radius 1 is 1.42 bits per heavy atom. The maximum absolute atomic E-state index is 5.96. The molecule has 102 valence electrons. The van der Waals surface area contributed by atoms with E-state index in [0.29, 0.717) is 6.54 Å². The standard InChI is InChI=1S/C15H21N3S/c1-12-5-7-17-11-14(12)15(10-16)18(2)8-6-13-4-3-9-19-13/h3-5,7,9,11,15H,6,8,10,16H2,1-2H3. The van der Waals surface area contributed by atoms with Crippen LogP contribution >= 0.6 is 11.3 Å². The molecule has 3 nitrogen and oxygen atoms in total. The molecule has 0 aliphatic carbocycles. The van der Waals surface area contributed by atoms with Crippen LogP contribution in [0.3, 0.4) is 0 Å². The zero-order valence-electron chi connectivity index (χ0n) is 11.5. The quantitative estimate of drug-likeness (QED) is 0.881. The van der Waals surface area contributed by atoms with E-state index in [9.17, 15) is 0 Å². The van der Waals surface area contributed by atoms with E-state index in [-0.39, 0.29) is 6.04 Å². The van der Waals surface area contributed by atoms with Gasteiger partial charge in [0.15, 0.2) is 0 Å². The van der Waals surface area contributed by atoms with Crippen LogP contribution in [0.4, 0.5) is 0 Å². The highest BCUT2D eigenvalue weighted by Gasteiger charge is 2.17. The minimum absolute atomic E-state index is 0.244. The number of rotatable bonds is 6. The van der Waals surface area contributed by atoms with E-state index in [2.05, 4.69) is 41.4 Å². The summed E-state index contributed by atoms with van der Waals surface area (Å²) < 4.78 is 0. The molecular formula is C15H21N3S. The number of nitrogens with two attached hydrogens (primary N) is 1. The third-order valence-electron chi connectivity index (χ3n) is 3.48. The highest BCUT2D eigenvalue weighted by atomic mass is 32.1. The van der Waals surface area contributed by atoms with Gasteiger partial charge in [-0.05, 0) is 49.0 Å². The molecule has 2 aromatic heterocycles. The van der Waals surface area contributed by atoms with E-state index >= 15 is 0 Å². The van der Waals surface area contributed by atoms with E-state index < -0.39 is 0 Å². The van der Waals surface area contributed by atoms with E-state index in [1.165, 1.54) is 16.0 Å². The third-order valence-corrected chi connectivity index (χ3v) is 4.42. The van der Waals surface area contributed by atoms with Crippen molar-refractivity contribution in [1.29, 1.82) is 0 Å². The number of pyridine rings is 1. The van der Waals surface area contributed by atoms with Gasteiger partial charge >= 0.3 is 0 Å². The Kier molecular flexibility index (Phi) is 5.07. The normalized spacial score (nSPS) is 12.8. The van der Waals surface area contributed by atoms with Gasteiger partial charge in [-0.25, -0.2) is 0 Å². The van der Waals surface area contributed by atoms with Crippen LogP contribution in [-0.2, 0) is 6.42 Å². The highest BCUT2D eigenvalue weighted by Crippen LogP contribution is 2.21. The first-order valence-electron chi connectivity index (χ1n) is 6.55. The first kappa shape index (κ1) is 14.2. The van der Waals surface area contributed by atoms with Gasteiger partial charge in [0.05, 0.1) is 0 Å². The maximum Gasteiger partial charge on any atom is 0.0485 e. The fraction of sp³-hybridized carbons (Fsp3) is 0.400. The number of thiophene rings is 1. The van der Waals surface area contributed by atoms with Crippen molar-refractivity contribution in [2.45, 2.75) is 19.4 Å². The minimum Gasteiger partial charge on any atom is -0.329 e. The molecule has 2 N–H and O–H groups in total. The summed E-state index contributed by atoms with van der Waals surface area (Å²) in [7, 11) is 2.14. The summed E-state index contributed by atoms with van der Waals surface area (Å²) in [5.41, 5.74) is 8.45. The molecule has 0 aliphatic heterocycles. The average molecular weight is 275 g/mol. The number of likely N-dealkylation sites (N-methyl/N-ethyl adjacent to an activating group) is 1. The summed E-state index contributed by atoms with van der Waals surface area (Å²) in [4.78, 5) is 7.97. The second-order valence-electron chi connectivity index (χ2n) is 4.79. The molecule has 2 rings (SSSR count). The second kappa shape index (κ2) is 6.80. The number of hydrogen-bond acceptors (Lipinski definition) is 4. The average Bonchev–Trinajstić information content (AvgIpc) is 2.92. The lowest BCUT2D eigenvalue weighted by Gasteiger charge is -2.28. The van der Waals surface area contributed by atoms with E-state index in [0.717, 1.165) is 13.0 Å². The van der Waals surface area contributed by atoms with Gasteiger partial charge in [0.1, 0.15) is 0 Å². The summed E-state index contributed by atoms with van der Waals surface area (Å²) in [5, 5.41) is 2.13. The first-order chi connectivity index (χ1) is 9.22. The van der Waals surface area contributed by atoms with Crippen LogP contribution in [0.5, 0.6) is 0 Å². The Hall–Kier alpha value is -1.23. The fourth-order valence-electron chi connectivity index (χ4n) is 2.27. The molecule has 0 aliphatic rings. The Labute approximate surface area is 119 Å². The molecule has 0 bridgehead atoms. The molecule has 0 radical (unpaired) electrons. The summed E-state index contributed by atoms with van der Waals surface area (Å²) in [6.45, 7) is 3.75. The van der Waals surface area contributed by atoms with Gasteiger partial charge in [0.25, 0.3) is 0 Å². The van der Waals surface area contributed by atoms with Crippen molar-refractivity contribution >= 4 is 11.3 Å². The van der Waals surface area contributed by atoms with E-state index in [4.69, 9.17) is 5.73 Å². The minimum atomic E-state index is 0.244. The largest absolute Gasteiger partial charge is 0.329 e. The number of aryl methyl sites for hydroxylation is 1.